The topological polar surface area (TPSA) is 78.4 Å². The minimum Gasteiger partial charge on any atom is -0.477 e. The Bertz CT molecular complexity index is 1000. The number of rotatable bonds is 4. The van der Waals surface area contributed by atoms with E-state index in [0.29, 0.717) is 17.8 Å². The third-order valence-corrected chi connectivity index (χ3v) is 5.22. The quantitative estimate of drug-likeness (QED) is 0.716. The van der Waals surface area contributed by atoms with Gasteiger partial charge in [-0.25, -0.2) is 18.6 Å². The molecular formula is C17H14F2N4O2S. The van der Waals surface area contributed by atoms with Crippen molar-refractivity contribution in [3.63, 3.8) is 0 Å². The summed E-state index contributed by atoms with van der Waals surface area (Å²) in [5, 5.41) is 14.4. The Balaban J connectivity index is 1.75. The number of aromatic nitrogens is 2. The van der Waals surface area contributed by atoms with Crippen molar-refractivity contribution < 1.29 is 18.7 Å². The second kappa shape index (κ2) is 6.17. The van der Waals surface area contributed by atoms with Gasteiger partial charge in [0.25, 0.3) is 0 Å². The molecule has 1 saturated heterocycles. The molecule has 0 radical (unpaired) electrons. The third-order valence-electron chi connectivity index (χ3n) is 4.41. The molecule has 1 atom stereocenters. The van der Waals surface area contributed by atoms with Gasteiger partial charge in [0.15, 0.2) is 0 Å². The number of carbonyl (C=O) groups is 1. The number of thiophene rings is 1. The largest absolute Gasteiger partial charge is 0.477 e. The summed E-state index contributed by atoms with van der Waals surface area (Å²) in [4.78, 5) is 22.8. The lowest BCUT2D eigenvalue weighted by atomic mass is 10.1. The van der Waals surface area contributed by atoms with Gasteiger partial charge >= 0.3 is 5.97 Å². The molecule has 134 valence electrons. The van der Waals surface area contributed by atoms with Crippen molar-refractivity contribution in [3.8, 4) is 0 Å². The fourth-order valence-electron chi connectivity index (χ4n) is 2.87. The van der Waals surface area contributed by atoms with E-state index in [1.165, 1.54) is 11.3 Å². The average molecular weight is 376 g/mol. The highest BCUT2D eigenvalue weighted by molar-refractivity contribution is 7.16. The van der Waals surface area contributed by atoms with Gasteiger partial charge in [-0.1, -0.05) is 0 Å². The van der Waals surface area contributed by atoms with E-state index in [0.717, 1.165) is 35.3 Å². The number of nitrogens with zero attached hydrogens (tertiary/aromatic N) is 3. The molecule has 2 aromatic heterocycles. The van der Waals surface area contributed by atoms with Crippen molar-refractivity contribution in [1.82, 2.24) is 9.97 Å². The van der Waals surface area contributed by atoms with Crippen LogP contribution in [-0.2, 0) is 0 Å². The monoisotopic (exact) mass is 376 g/mol. The fourth-order valence-corrected chi connectivity index (χ4v) is 3.63. The van der Waals surface area contributed by atoms with Gasteiger partial charge in [0, 0.05) is 18.3 Å². The standard InChI is InChI=1S/C17H14F2N4O2S/c1-8-2-4-23(8)17-21-14(10-3-5-26-15(10)22-17)20-9-6-11(18)13(16(24)25)12(19)7-9/h3,5-8H,2,4H2,1H3,(H,24,25)(H,20,21,22)/t8-/m0/s1. The first-order valence-electron chi connectivity index (χ1n) is 7.95. The van der Waals surface area contributed by atoms with Crippen LogP contribution in [0, 0.1) is 11.6 Å². The highest BCUT2D eigenvalue weighted by Gasteiger charge is 2.27. The van der Waals surface area contributed by atoms with Crippen LogP contribution in [0.2, 0.25) is 0 Å². The molecule has 26 heavy (non-hydrogen) atoms. The minimum atomic E-state index is -1.65. The van der Waals surface area contributed by atoms with Gasteiger partial charge in [0.05, 0.1) is 5.39 Å². The Kier molecular flexibility index (Phi) is 3.95. The van der Waals surface area contributed by atoms with E-state index < -0.39 is 23.2 Å². The summed E-state index contributed by atoms with van der Waals surface area (Å²) in [7, 11) is 0. The van der Waals surface area contributed by atoms with Crippen molar-refractivity contribution in [2.24, 2.45) is 0 Å². The van der Waals surface area contributed by atoms with Gasteiger partial charge in [-0.2, -0.15) is 4.98 Å². The van der Waals surface area contributed by atoms with Crippen LogP contribution in [0.25, 0.3) is 10.2 Å². The molecule has 1 fully saturated rings. The highest BCUT2D eigenvalue weighted by Crippen LogP contribution is 2.33. The number of benzene rings is 1. The Morgan fingerprint density at radius 1 is 1.35 bits per heavy atom. The number of nitrogens with one attached hydrogen (secondary N) is 1. The lowest BCUT2D eigenvalue weighted by molar-refractivity contribution is 0.0686. The van der Waals surface area contributed by atoms with Crippen LogP contribution in [-0.4, -0.2) is 33.6 Å². The maximum absolute atomic E-state index is 13.9. The van der Waals surface area contributed by atoms with E-state index in [9.17, 15) is 13.6 Å². The van der Waals surface area contributed by atoms with E-state index in [-0.39, 0.29) is 5.69 Å². The van der Waals surface area contributed by atoms with Crippen LogP contribution in [0.15, 0.2) is 23.6 Å². The van der Waals surface area contributed by atoms with Crippen LogP contribution >= 0.6 is 11.3 Å². The molecular weight excluding hydrogens is 362 g/mol. The minimum absolute atomic E-state index is 0.0822. The van der Waals surface area contributed by atoms with Gasteiger partial charge in [0.1, 0.15) is 27.8 Å². The number of hydrogen-bond donors (Lipinski definition) is 2. The second-order valence-corrected chi connectivity index (χ2v) is 6.98. The van der Waals surface area contributed by atoms with E-state index in [2.05, 4.69) is 27.1 Å². The molecule has 3 aromatic rings. The van der Waals surface area contributed by atoms with E-state index in [1.807, 2.05) is 11.4 Å². The molecule has 0 amide bonds. The zero-order chi connectivity index (χ0) is 18.4. The lowest BCUT2D eigenvalue weighted by Gasteiger charge is -2.38. The number of anilines is 3. The smallest absolute Gasteiger partial charge is 0.341 e. The zero-order valence-corrected chi connectivity index (χ0v) is 14.5. The highest BCUT2D eigenvalue weighted by atomic mass is 32.1. The summed E-state index contributed by atoms with van der Waals surface area (Å²) in [5.74, 6) is -2.96. The van der Waals surface area contributed by atoms with Gasteiger partial charge in [0.2, 0.25) is 5.95 Å². The summed E-state index contributed by atoms with van der Waals surface area (Å²) in [6.45, 7) is 2.93. The van der Waals surface area contributed by atoms with E-state index in [1.54, 1.807) is 0 Å². The Morgan fingerprint density at radius 2 is 2.08 bits per heavy atom. The second-order valence-electron chi connectivity index (χ2n) is 6.09. The number of carboxylic acids is 1. The molecule has 4 rings (SSSR count). The fraction of sp³-hybridized carbons (Fsp3) is 0.235. The van der Waals surface area contributed by atoms with Gasteiger partial charge in [-0.15, -0.1) is 11.3 Å². The third kappa shape index (κ3) is 2.74. The van der Waals surface area contributed by atoms with Crippen LogP contribution in [0.1, 0.15) is 23.7 Å². The molecule has 6 nitrogen and oxygen atoms in total. The lowest BCUT2D eigenvalue weighted by Crippen LogP contribution is -2.46. The summed E-state index contributed by atoms with van der Waals surface area (Å²) >= 11 is 1.45. The molecule has 1 aliphatic rings. The van der Waals surface area contributed by atoms with E-state index in [4.69, 9.17) is 5.11 Å². The molecule has 1 aliphatic heterocycles. The average Bonchev–Trinajstić information content (AvgIpc) is 3.01. The molecule has 2 N–H and O–H groups in total. The molecule has 3 heterocycles. The predicted octanol–water partition coefficient (Wildman–Crippen LogP) is 4.01. The first-order chi connectivity index (χ1) is 12.4. The van der Waals surface area contributed by atoms with Crippen molar-refractivity contribution in [3.05, 3.63) is 40.8 Å². The van der Waals surface area contributed by atoms with Crippen molar-refractivity contribution >= 4 is 45.0 Å². The summed E-state index contributed by atoms with van der Waals surface area (Å²) in [6, 6.07) is 4.05. The summed E-state index contributed by atoms with van der Waals surface area (Å²) in [5.41, 5.74) is -0.896. The summed E-state index contributed by atoms with van der Waals surface area (Å²) in [6.07, 6.45) is 1.06. The Hall–Kier alpha value is -2.81. The molecule has 0 spiro atoms. The first kappa shape index (κ1) is 16.6. The number of halogens is 2. The number of aromatic carboxylic acids is 1. The van der Waals surface area contributed by atoms with Crippen LogP contribution in [0.3, 0.4) is 0 Å². The zero-order valence-electron chi connectivity index (χ0n) is 13.7. The SMILES string of the molecule is C[C@H]1CCN1c1nc(Nc2cc(F)c(C(=O)O)c(F)c2)c2ccsc2n1. The summed E-state index contributed by atoms with van der Waals surface area (Å²) < 4.78 is 27.9. The molecule has 0 bridgehead atoms. The normalized spacial score (nSPS) is 16.6. The van der Waals surface area contributed by atoms with Crippen LogP contribution in [0.4, 0.5) is 26.2 Å². The molecule has 1 aromatic carbocycles. The Labute approximate surface area is 151 Å². The maximum atomic E-state index is 13.9. The van der Waals surface area contributed by atoms with Crippen LogP contribution < -0.4 is 10.2 Å². The molecule has 0 saturated carbocycles. The molecule has 0 unspecified atom stereocenters. The van der Waals surface area contributed by atoms with E-state index >= 15 is 0 Å². The van der Waals surface area contributed by atoms with Gasteiger partial charge < -0.3 is 15.3 Å². The van der Waals surface area contributed by atoms with Gasteiger partial charge in [-0.05, 0) is 36.9 Å². The number of hydrogen-bond acceptors (Lipinski definition) is 6. The molecule has 0 aliphatic carbocycles. The maximum Gasteiger partial charge on any atom is 0.341 e. The van der Waals surface area contributed by atoms with Crippen molar-refractivity contribution in [2.45, 2.75) is 19.4 Å². The molecule has 9 heteroatoms. The predicted molar refractivity (Wildman–Crippen MR) is 95.4 cm³/mol. The first-order valence-corrected chi connectivity index (χ1v) is 8.83. The van der Waals surface area contributed by atoms with Crippen molar-refractivity contribution in [2.75, 3.05) is 16.8 Å². The van der Waals surface area contributed by atoms with Gasteiger partial charge in [-0.3, -0.25) is 0 Å². The Morgan fingerprint density at radius 3 is 2.65 bits per heavy atom. The van der Waals surface area contributed by atoms with Crippen molar-refractivity contribution in [1.29, 1.82) is 0 Å². The number of carboxylic acid groups (broad SMARTS) is 1. The number of fused-ring (bicyclic) bond motifs is 1. The van der Waals surface area contributed by atoms with Crippen LogP contribution in [0.5, 0.6) is 0 Å².